The SMILES string of the molecule is C=CCc1cc(C2C3=C(CC(C)(C)CC3=O)N(Cc3ccccc3)C3=C2C(=O)CC(C)(C)C3)cc(OC)c1OCc1ccc(F)cc1. The van der Waals surface area contributed by atoms with Crippen LogP contribution < -0.4 is 9.47 Å². The molecule has 0 fully saturated rings. The van der Waals surface area contributed by atoms with Crippen molar-refractivity contribution in [2.45, 2.75) is 78.9 Å². The quantitative estimate of drug-likeness (QED) is 0.220. The smallest absolute Gasteiger partial charge is 0.165 e. The lowest BCUT2D eigenvalue weighted by atomic mass is 9.63. The highest BCUT2D eigenvalue weighted by molar-refractivity contribution is 6.06. The predicted molar refractivity (Wildman–Crippen MR) is 182 cm³/mol. The third-order valence-corrected chi connectivity index (χ3v) is 9.57. The molecule has 0 atom stereocenters. The van der Waals surface area contributed by atoms with Crippen LogP contribution in [0.15, 0.2) is 102 Å². The number of nitrogens with zero attached hydrogens (tertiary/aromatic N) is 1. The Bertz CT molecular complexity index is 1730. The molecule has 3 aliphatic rings. The molecule has 6 rings (SSSR count). The van der Waals surface area contributed by atoms with Crippen LogP contribution in [0.3, 0.4) is 0 Å². The Labute approximate surface area is 277 Å². The normalized spacial score (nSPS) is 19.0. The largest absolute Gasteiger partial charge is 0.493 e. The second-order valence-corrected chi connectivity index (χ2v) is 14.7. The predicted octanol–water partition coefficient (Wildman–Crippen LogP) is 9.03. The molecule has 1 aliphatic heterocycles. The van der Waals surface area contributed by atoms with Crippen molar-refractivity contribution in [1.82, 2.24) is 4.90 Å². The van der Waals surface area contributed by atoms with E-state index in [0.29, 0.717) is 37.3 Å². The topological polar surface area (TPSA) is 55.8 Å². The van der Waals surface area contributed by atoms with Crippen molar-refractivity contribution in [3.8, 4) is 11.5 Å². The van der Waals surface area contributed by atoms with Crippen molar-refractivity contribution in [1.29, 1.82) is 0 Å². The Hall–Kier alpha value is -4.45. The van der Waals surface area contributed by atoms with Crippen LogP contribution in [0, 0.1) is 16.6 Å². The number of carbonyl (C=O) groups is 2. The Morgan fingerprint density at radius 1 is 0.851 bits per heavy atom. The van der Waals surface area contributed by atoms with Crippen LogP contribution in [0.1, 0.15) is 81.5 Å². The van der Waals surface area contributed by atoms with E-state index in [2.05, 4.69) is 57.4 Å². The Morgan fingerprint density at radius 3 is 2.00 bits per heavy atom. The summed E-state index contributed by atoms with van der Waals surface area (Å²) in [6, 6.07) is 20.5. The second kappa shape index (κ2) is 12.6. The van der Waals surface area contributed by atoms with Crippen molar-refractivity contribution in [2.24, 2.45) is 10.8 Å². The molecule has 0 unspecified atom stereocenters. The summed E-state index contributed by atoms with van der Waals surface area (Å²) < 4.78 is 25.8. The first kappa shape index (κ1) is 32.5. The van der Waals surface area contributed by atoms with Crippen molar-refractivity contribution in [3.63, 3.8) is 0 Å². The molecule has 0 radical (unpaired) electrons. The van der Waals surface area contributed by atoms with Gasteiger partial charge in [0.1, 0.15) is 12.4 Å². The van der Waals surface area contributed by atoms with Crippen LogP contribution >= 0.6 is 0 Å². The number of halogens is 1. The molecule has 0 bridgehead atoms. The van der Waals surface area contributed by atoms with Gasteiger partial charge in [0.05, 0.1) is 7.11 Å². The molecular weight excluding hydrogens is 589 g/mol. The zero-order valence-electron chi connectivity index (χ0n) is 28.1. The molecule has 244 valence electrons. The van der Waals surface area contributed by atoms with Gasteiger partial charge in [-0.25, -0.2) is 4.39 Å². The minimum Gasteiger partial charge on any atom is -0.493 e. The number of allylic oxidation sites excluding steroid dienone is 5. The van der Waals surface area contributed by atoms with Crippen molar-refractivity contribution in [3.05, 3.63) is 130 Å². The molecule has 0 saturated heterocycles. The van der Waals surface area contributed by atoms with E-state index >= 15 is 0 Å². The summed E-state index contributed by atoms with van der Waals surface area (Å²) >= 11 is 0. The maximum atomic E-state index is 14.3. The fourth-order valence-electron chi connectivity index (χ4n) is 7.55. The summed E-state index contributed by atoms with van der Waals surface area (Å²) in [6.45, 7) is 13.4. The van der Waals surface area contributed by atoms with Crippen LogP contribution in [-0.4, -0.2) is 23.6 Å². The van der Waals surface area contributed by atoms with E-state index in [4.69, 9.17) is 9.47 Å². The van der Waals surface area contributed by atoms with Crippen LogP contribution in [-0.2, 0) is 29.2 Å². The maximum Gasteiger partial charge on any atom is 0.165 e. The van der Waals surface area contributed by atoms with Crippen LogP contribution in [0.25, 0.3) is 0 Å². The number of rotatable bonds is 9. The zero-order chi connectivity index (χ0) is 33.5. The van der Waals surface area contributed by atoms with E-state index in [1.54, 1.807) is 19.2 Å². The Balaban J connectivity index is 1.53. The summed E-state index contributed by atoms with van der Waals surface area (Å²) in [4.78, 5) is 31.0. The van der Waals surface area contributed by atoms with Gasteiger partial charge in [0.2, 0.25) is 0 Å². The lowest BCUT2D eigenvalue weighted by molar-refractivity contribution is -0.119. The minimum atomic E-state index is -0.511. The molecule has 0 spiro atoms. The molecular formula is C41H44FNO4. The summed E-state index contributed by atoms with van der Waals surface area (Å²) in [6.07, 6.45) is 4.61. The highest BCUT2D eigenvalue weighted by Gasteiger charge is 2.49. The van der Waals surface area contributed by atoms with Crippen molar-refractivity contribution in [2.75, 3.05) is 7.11 Å². The van der Waals surface area contributed by atoms with Gasteiger partial charge in [-0.1, -0.05) is 82.3 Å². The molecule has 2 aliphatic carbocycles. The number of Topliss-reactive ketones (excluding diaryl/α,β-unsaturated/α-hetero) is 2. The van der Waals surface area contributed by atoms with Crippen LogP contribution in [0.4, 0.5) is 4.39 Å². The lowest BCUT2D eigenvalue weighted by Crippen LogP contribution is -2.44. The number of hydrogen-bond acceptors (Lipinski definition) is 5. The van der Waals surface area contributed by atoms with E-state index < -0.39 is 5.92 Å². The van der Waals surface area contributed by atoms with Gasteiger partial charge >= 0.3 is 0 Å². The molecule has 1 heterocycles. The average molecular weight is 634 g/mol. The summed E-state index contributed by atoms with van der Waals surface area (Å²) in [7, 11) is 1.60. The highest BCUT2D eigenvalue weighted by atomic mass is 19.1. The molecule has 5 nitrogen and oxygen atoms in total. The third kappa shape index (κ3) is 6.56. The molecule has 0 saturated carbocycles. The number of carbonyl (C=O) groups excluding carboxylic acids is 2. The van der Waals surface area contributed by atoms with Crippen molar-refractivity contribution >= 4 is 11.6 Å². The number of hydrogen-bond donors (Lipinski definition) is 0. The van der Waals surface area contributed by atoms with Gasteiger partial charge in [-0.2, -0.15) is 0 Å². The van der Waals surface area contributed by atoms with E-state index in [9.17, 15) is 14.0 Å². The number of methoxy groups -OCH3 is 1. The van der Waals surface area contributed by atoms with E-state index in [1.165, 1.54) is 12.1 Å². The van der Waals surface area contributed by atoms with Gasteiger partial charge in [0, 0.05) is 53.4 Å². The molecule has 47 heavy (non-hydrogen) atoms. The first-order valence-corrected chi connectivity index (χ1v) is 16.4. The maximum absolute atomic E-state index is 14.3. The molecule has 0 amide bonds. The Morgan fingerprint density at radius 2 is 1.45 bits per heavy atom. The molecule has 3 aromatic rings. The first-order valence-electron chi connectivity index (χ1n) is 16.4. The third-order valence-electron chi connectivity index (χ3n) is 9.57. The van der Waals surface area contributed by atoms with Gasteiger partial charge in [-0.05, 0) is 65.0 Å². The highest BCUT2D eigenvalue weighted by Crippen LogP contribution is 2.55. The number of ketones is 2. The molecule has 6 heteroatoms. The Kier molecular flexibility index (Phi) is 8.73. The minimum absolute atomic E-state index is 0.0874. The summed E-state index contributed by atoms with van der Waals surface area (Å²) in [5.74, 6) is 0.445. The van der Waals surface area contributed by atoms with Gasteiger partial charge in [-0.15, -0.1) is 6.58 Å². The van der Waals surface area contributed by atoms with Crippen molar-refractivity contribution < 1.29 is 23.5 Å². The lowest BCUT2D eigenvalue weighted by Gasteiger charge is -2.49. The second-order valence-electron chi connectivity index (χ2n) is 14.7. The summed E-state index contributed by atoms with van der Waals surface area (Å²) in [5.41, 5.74) is 6.69. The molecule has 0 aromatic heterocycles. The number of ether oxygens (including phenoxy) is 2. The fourth-order valence-corrected chi connectivity index (χ4v) is 7.55. The zero-order valence-corrected chi connectivity index (χ0v) is 28.1. The van der Waals surface area contributed by atoms with E-state index in [1.807, 2.05) is 30.3 Å². The molecule has 0 N–H and O–H groups in total. The molecule has 3 aromatic carbocycles. The first-order chi connectivity index (χ1) is 22.4. The van der Waals surface area contributed by atoms with Gasteiger partial charge in [-0.3, -0.25) is 9.59 Å². The summed E-state index contributed by atoms with van der Waals surface area (Å²) in [5, 5.41) is 0. The van der Waals surface area contributed by atoms with Gasteiger partial charge in [0.25, 0.3) is 0 Å². The van der Waals surface area contributed by atoms with Crippen LogP contribution in [0.2, 0.25) is 0 Å². The van der Waals surface area contributed by atoms with Crippen LogP contribution in [0.5, 0.6) is 11.5 Å². The standard InChI is InChI=1S/C41H44FNO4/c1-7-11-28-18-29(19-35(46-6)39(28)47-25-27-14-16-30(42)17-15-27)36-37-31(20-40(2,3)22-33(37)44)43(24-26-12-9-8-10-13-26)32-21-41(4,5)23-34(45)38(32)36/h7-10,12-19,36H,1,11,20-25H2,2-6H3. The van der Waals surface area contributed by atoms with E-state index in [-0.39, 0.29) is 34.8 Å². The van der Waals surface area contributed by atoms with E-state index in [0.717, 1.165) is 57.6 Å². The number of benzene rings is 3. The van der Waals surface area contributed by atoms with Gasteiger partial charge in [0.15, 0.2) is 23.1 Å². The van der Waals surface area contributed by atoms with Gasteiger partial charge < -0.3 is 14.4 Å². The fraction of sp³-hybridized carbons (Fsp3) is 0.366. The average Bonchev–Trinajstić information content (AvgIpc) is 3.01. The monoisotopic (exact) mass is 633 g/mol.